The molecule has 0 radical (unpaired) electrons. The van der Waals surface area contributed by atoms with Gasteiger partial charge in [-0.15, -0.1) is 0 Å². The number of rotatable bonds is 4. The van der Waals surface area contributed by atoms with Gasteiger partial charge in [0.25, 0.3) is 0 Å². The molecule has 0 N–H and O–H groups in total. The highest BCUT2D eigenvalue weighted by Crippen LogP contribution is 2.29. The van der Waals surface area contributed by atoms with Crippen LogP contribution in [0.2, 0.25) is 0 Å². The molecule has 1 atom stereocenters. The summed E-state index contributed by atoms with van der Waals surface area (Å²) in [4.78, 5) is 10.7. The van der Waals surface area contributed by atoms with Gasteiger partial charge in [0.05, 0.1) is 20.3 Å². The molecule has 4 heteroatoms. The van der Waals surface area contributed by atoms with Crippen LogP contribution in [0.4, 0.5) is 0 Å². The number of carbonyl (C=O) groups is 1. The van der Waals surface area contributed by atoms with Crippen molar-refractivity contribution < 1.29 is 19.0 Å². The van der Waals surface area contributed by atoms with Crippen LogP contribution in [0, 0.1) is 0 Å². The number of aldehydes is 1. The largest absolute Gasteiger partial charge is 0.493 e. The molecule has 16 heavy (non-hydrogen) atoms. The monoisotopic (exact) mass is 222 g/mol. The van der Waals surface area contributed by atoms with Crippen LogP contribution in [0.3, 0.4) is 0 Å². The molecule has 1 saturated heterocycles. The zero-order chi connectivity index (χ0) is 11.4. The third-order valence-electron chi connectivity index (χ3n) is 2.51. The van der Waals surface area contributed by atoms with E-state index in [-0.39, 0.29) is 6.10 Å². The van der Waals surface area contributed by atoms with Gasteiger partial charge in [0.15, 0.2) is 11.5 Å². The van der Waals surface area contributed by atoms with Crippen molar-refractivity contribution in [3.63, 3.8) is 0 Å². The molecule has 1 aliphatic heterocycles. The molecule has 1 aliphatic rings. The van der Waals surface area contributed by atoms with Gasteiger partial charge in [-0.25, -0.2) is 0 Å². The first kappa shape index (κ1) is 11.0. The van der Waals surface area contributed by atoms with Crippen molar-refractivity contribution in [3.05, 3.63) is 23.8 Å². The Bertz CT molecular complexity index is 369. The van der Waals surface area contributed by atoms with Crippen LogP contribution in [-0.2, 0) is 4.74 Å². The van der Waals surface area contributed by atoms with Crippen molar-refractivity contribution in [1.29, 1.82) is 0 Å². The lowest BCUT2D eigenvalue weighted by molar-refractivity contribution is 0.112. The first-order valence-electron chi connectivity index (χ1n) is 5.21. The Morgan fingerprint density at radius 2 is 2.31 bits per heavy atom. The Hall–Kier alpha value is -1.55. The van der Waals surface area contributed by atoms with Crippen molar-refractivity contribution in [2.45, 2.75) is 12.5 Å². The lowest BCUT2D eigenvalue weighted by Gasteiger charge is -2.15. The van der Waals surface area contributed by atoms with Crippen LogP contribution in [-0.4, -0.2) is 32.7 Å². The lowest BCUT2D eigenvalue weighted by Crippen LogP contribution is -2.16. The van der Waals surface area contributed by atoms with E-state index in [9.17, 15) is 4.79 Å². The van der Waals surface area contributed by atoms with E-state index in [0.29, 0.717) is 23.7 Å². The molecule has 0 amide bonds. The van der Waals surface area contributed by atoms with Crippen LogP contribution < -0.4 is 9.47 Å². The average molecular weight is 222 g/mol. The van der Waals surface area contributed by atoms with Crippen molar-refractivity contribution in [2.75, 3.05) is 20.3 Å². The predicted octanol–water partition coefficient (Wildman–Crippen LogP) is 1.68. The minimum atomic E-state index is 0.0517. The number of hydrogen-bond acceptors (Lipinski definition) is 4. The molecule has 0 saturated carbocycles. The molecule has 0 aromatic heterocycles. The summed E-state index contributed by atoms with van der Waals surface area (Å²) in [5.74, 6) is 1.24. The van der Waals surface area contributed by atoms with Gasteiger partial charge in [-0.05, 0) is 18.2 Å². The fourth-order valence-corrected chi connectivity index (χ4v) is 1.64. The summed E-state index contributed by atoms with van der Waals surface area (Å²) in [6.07, 6.45) is 1.71. The van der Waals surface area contributed by atoms with E-state index < -0.39 is 0 Å². The third-order valence-corrected chi connectivity index (χ3v) is 2.51. The molecular formula is C12H14O4. The fraction of sp³-hybridized carbons (Fsp3) is 0.417. The summed E-state index contributed by atoms with van der Waals surface area (Å²) in [6, 6.07) is 5.11. The van der Waals surface area contributed by atoms with E-state index in [1.807, 2.05) is 0 Å². The summed E-state index contributed by atoms with van der Waals surface area (Å²) in [6.45, 7) is 1.31. The average Bonchev–Trinajstić information content (AvgIpc) is 2.82. The maximum absolute atomic E-state index is 10.7. The first-order valence-corrected chi connectivity index (χ1v) is 5.21. The Labute approximate surface area is 94.1 Å². The quantitative estimate of drug-likeness (QED) is 0.727. The summed E-state index contributed by atoms with van der Waals surface area (Å²) in [7, 11) is 1.58. The standard InChI is InChI=1S/C12H14O4/c1-14-11-3-2-9(7-13)6-12(11)16-10-4-5-15-8-10/h2-3,6-7,10H,4-5,8H2,1H3/t10-/m1/s1. The van der Waals surface area contributed by atoms with Crippen LogP contribution in [0.1, 0.15) is 16.8 Å². The van der Waals surface area contributed by atoms with Gasteiger partial charge in [-0.1, -0.05) is 0 Å². The van der Waals surface area contributed by atoms with Gasteiger partial charge in [-0.2, -0.15) is 0 Å². The molecule has 86 valence electrons. The van der Waals surface area contributed by atoms with Crippen molar-refractivity contribution in [1.82, 2.24) is 0 Å². The second kappa shape index (κ2) is 4.99. The Morgan fingerprint density at radius 3 is 2.94 bits per heavy atom. The molecule has 1 heterocycles. The summed E-state index contributed by atoms with van der Waals surface area (Å²) < 4.78 is 16.1. The SMILES string of the molecule is COc1ccc(C=O)cc1O[C@@H]1CCOC1. The van der Waals surface area contributed by atoms with Crippen LogP contribution in [0.5, 0.6) is 11.5 Å². The Balaban J connectivity index is 2.18. The third kappa shape index (κ3) is 2.33. The Kier molecular flexibility index (Phi) is 3.41. The Morgan fingerprint density at radius 1 is 1.44 bits per heavy atom. The molecule has 1 aromatic rings. The second-order valence-electron chi connectivity index (χ2n) is 3.63. The fourth-order valence-electron chi connectivity index (χ4n) is 1.64. The molecule has 1 fully saturated rings. The highest BCUT2D eigenvalue weighted by molar-refractivity contribution is 5.76. The van der Waals surface area contributed by atoms with Crippen LogP contribution >= 0.6 is 0 Å². The van der Waals surface area contributed by atoms with Crippen molar-refractivity contribution in [3.8, 4) is 11.5 Å². The number of carbonyl (C=O) groups excluding carboxylic acids is 1. The number of ether oxygens (including phenoxy) is 3. The normalized spacial score (nSPS) is 19.4. The topological polar surface area (TPSA) is 44.8 Å². The number of benzene rings is 1. The van der Waals surface area contributed by atoms with Crippen molar-refractivity contribution >= 4 is 6.29 Å². The molecule has 4 nitrogen and oxygen atoms in total. The molecule has 0 spiro atoms. The van der Waals surface area contributed by atoms with Gasteiger partial charge in [0.2, 0.25) is 0 Å². The van der Waals surface area contributed by atoms with Crippen LogP contribution in [0.25, 0.3) is 0 Å². The molecule has 0 unspecified atom stereocenters. The van der Waals surface area contributed by atoms with E-state index >= 15 is 0 Å². The van der Waals surface area contributed by atoms with E-state index in [1.54, 1.807) is 25.3 Å². The molecular weight excluding hydrogens is 208 g/mol. The minimum Gasteiger partial charge on any atom is -0.493 e. The minimum absolute atomic E-state index is 0.0517. The van der Waals surface area contributed by atoms with E-state index in [0.717, 1.165) is 19.3 Å². The number of hydrogen-bond donors (Lipinski definition) is 0. The van der Waals surface area contributed by atoms with Gasteiger partial charge in [0, 0.05) is 12.0 Å². The van der Waals surface area contributed by atoms with Gasteiger partial charge < -0.3 is 14.2 Å². The first-order chi connectivity index (χ1) is 7.83. The lowest BCUT2D eigenvalue weighted by atomic mass is 10.2. The van der Waals surface area contributed by atoms with E-state index in [1.165, 1.54) is 0 Å². The zero-order valence-electron chi connectivity index (χ0n) is 9.14. The predicted molar refractivity (Wildman–Crippen MR) is 58.2 cm³/mol. The van der Waals surface area contributed by atoms with Crippen molar-refractivity contribution in [2.24, 2.45) is 0 Å². The van der Waals surface area contributed by atoms with Gasteiger partial charge in [-0.3, -0.25) is 4.79 Å². The smallest absolute Gasteiger partial charge is 0.162 e. The maximum Gasteiger partial charge on any atom is 0.162 e. The summed E-state index contributed by atoms with van der Waals surface area (Å²) >= 11 is 0. The summed E-state index contributed by atoms with van der Waals surface area (Å²) in [5.41, 5.74) is 0.578. The van der Waals surface area contributed by atoms with Gasteiger partial charge in [0.1, 0.15) is 12.4 Å². The molecule has 1 aromatic carbocycles. The molecule has 2 rings (SSSR count). The van der Waals surface area contributed by atoms with Crippen LogP contribution in [0.15, 0.2) is 18.2 Å². The van der Waals surface area contributed by atoms with Gasteiger partial charge >= 0.3 is 0 Å². The van der Waals surface area contributed by atoms with E-state index in [2.05, 4.69) is 0 Å². The maximum atomic E-state index is 10.7. The molecule has 0 bridgehead atoms. The molecule has 0 aliphatic carbocycles. The highest BCUT2D eigenvalue weighted by Gasteiger charge is 2.19. The number of methoxy groups -OCH3 is 1. The van der Waals surface area contributed by atoms with E-state index in [4.69, 9.17) is 14.2 Å². The zero-order valence-corrected chi connectivity index (χ0v) is 9.14. The highest BCUT2D eigenvalue weighted by atomic mass is 16.6. The summed E-state index contributed by atoms with van der Waals surface area (Å²) in [5, 5.41) is 0. The second-order valence-corrected chi connectivity index (χ2v) is 3.63.